The van der Waals surface area contributed by atoms with Crippen molar-refractivity contribution in [3.63, 3.8) is 0 Å². The van der Waals surface area contributed by atoms with E-state index in [0.717, 1.165) is 20.8 Å². The first-order valence-corrected chi connectivity index (χ1v) is 8.15. The van der Waals surface area contributed by atoms with E-state index in [-0.39, 0.29) is 12.5 Å². The zero-order valence-electron chi connectivity index (χ0n) is 12.5. The first-order chi connectivity index (χ1) is 11.6. The predicted molar refractivity (Wildman–Crippen MR) is 93.9 cm³/mol. The minimum Gasteiger partial charge on any atom is -0.480 e. The van der Waals surface area contributed by atoms with Gasteiger partial charge in [-0.15, -0.1) is 11.3 Å². The third-order valence-corrected chi connectivity index (χ3v) is 4.82. The van der Waals surface area contributed by atoms with E-state index in [9.17, 15) is 9.59 Å². The number of thiazole rings is 1. The van der Waals surface area contributed by atoms with Crippen LogP contribution in [-0.2, 0) is 9.59 Å². The summed E-state index contributed by atoms with van der Waals surface area (Å²) < 4.78 is 1.05. The number of nitrogens with zero attached hydrogens (tertiary/aromatic N) is 2. The lowest BCUT2D eigenvalue weighted by molar-refractivity contribution is -0.136. The highest BCUT2D eigenvalue weighted by molar-refractivity contribution is 7.19. The van der Waals surface area contributed by atoms with Crippen molar-refractivity contribution in [1.82, 2.24) is 4.98 Å². The van der Waals surface area contributed by atoms with E-state index in [2.05, 4.69) is 4.98 Å². The van der Waals surface area contributed by atoms with Gasteiger partial charge in [0.15, 0.2) is 0 Å². The maximum atomic E-state index is 12.7. The molecule has 118 valence electrons. The van der Waals surface area contributed by atoms with E-state index in [4.69, 9.17) is 5.11 Å². The molecular formula is C18H12N2O3S. The van der Waals surface area contributed by atoms with Crippen molar-refractivity contribution in [1.29, 1.82) is 0 Å². The maximum Gasteiger partial charge on any atom is 0.323 e. The molecule has 0 saturated heterocycles. The van der Waals surface area contributed by atoms with E-state index in [0.29, 0.717) is 11.3 Å². The molecule has 1 aliphatic heterocycles. The Labute approximate surface area is 141 Å². The number of rotatable bonds is 3. The zero-order chi connectivity index (χ0) is 16.7. The van der Waals surface area contributed by atoms with Crippen LogP contribution in [0.15, 0.2) is 48.5 Å². The van der Waals surface area contributed by atoms with Crippen LogP contribution >= 0.6 is 11.3 Å². The molecule has 2 heterocycles. The van der Waals surface area contributed by atoms with Crippen LogP contribution < -0.4 is 4.90 Å². The highest BCUT2D eigenvalue weighted by atomic mass is 32.1. The van der Waals surface area contributed by atoms with Gasteiger partial charge in [-0.05, 0) is 24.3 Å². The number of carboxylic acids is 1. The standard InChI is InChI=1S/C18H12N2O3S/c21-17(22)10-20-14-7-3-1-5-11(14)12(18(20)23)9-16-19-13-6-2-4-8-15(13)24-16/h1-9H,10H2,(H,21,22)/b12-9-. The molecule has 1 aromatic heterocycles. The van der Waals surface area contributed by atoms with Gasteiger partial charge in [0.2, 0.25) is 0 Å². The summed E-state index contributed by atoms with van der Waals surface area (Å²) in [7, 11) is 0. The summed E-state index contributed by atoms with van der Waals surface area (Å²) in [6.45, 7) is -0.354. The third kappa shape index (κ3) is 2.37. The Balaban J connectivity index is 1.82. The smallest absolute Gasteiger partial charge is 0.323 e. The highest BCUT2D eigenvalue weighted by Gasteiger charge is 2.33. The number of aromatic nitrogens is 1. The van der Waals surface area contributed by atoms with Crippen LogP contribution in [0.3, 0.4) is 0 Å². The molecule has 5 nitrogen and oxygen atoms in total. The second-order valence-electron chi connectivity index (χ2n) is 5.38. The molecule has 0 saturated carbocycles. The van der Waals surface area contributed by atoms with Crippen LogP contribution in [0.25, 0.3) is 21.9 Å². The number of carbonyl (C=O) groups excluding carboxylic acids is 1. The fourth-order valence-corrected chi connectivity index (χ4v) is 3.72. The molecule has 0 radical (unpaired) electrons. The summed E-state index contributed by atoms with van der Waals surface area (Å²) in [5.74, 6) is -1.35. The molecule has 1 aliphatic rings. The normalized spacial score (nSPS) is 15.2. The lowest BCUT2D eigenvalue weighted by atomic mass is 10.1. The Morgan fingerprint density at radius 1 is 1.17 bits per heavy atom. The molecule has 0 spiro atoms. The van der Waals surface area contributed by atoms with Gasteiger partial charge in [0.25, 0.3) is 5.91 Å². The van der Waals surface area contributed by atoms with Gasteiger partial charge in [-0.25, -0.2) is 4.98 Å². The second-order valence-corrected chi connectivity index (χ2v) is 6.44. The number of hydrogen-bond donors (Lipinski definition) is 1. The number of carbonyl (C=O) groups is 2. The predicted octanol–water partition coefficient (Wildman–Crippen LogP) is 3.27. The van der Waals surface area contributed by atoms with Crippen molar-refractivity contribution in [2.45, 2.75) is 0 Å². The number of anilines is 1. The van der Waals surface area contributed by atoms with Crippen molar-refractivity contribution in [3.05, 3.63) is 59.1 Å². The maximum absolute atomic E-state index is 12.7. The van der Waals surface area contributed by atoms with E-state index in [1.165, 1.54) is 16.2 Å². The molecule has 1 amide bonds. The molecule has 2 aromatic carbocycles. The van der Waals surface area contributed by atoms with Gasteiger partial charge in [-0.1, -0.05) is 30.3 Å². The lowest BCUT2D eigenvalue weighted by Gasteiger charge is -2.13. The SMILES string of the molecule is O=C(O)CN1C(=O)/C(=C\c2nc3ccccc3s2)c2ccccc21. The van der Waals surface area contributed by atoms with Crippen LogP contribution in [0.1, 0.15) is 10.6 Å². The lowest BCUT2D eigenvalue weighted by Crippen LogP contribution is -2.32. The number of benzene rings is 2. The largest absolute Gasteiger partial charge is 0.480 e. The van der Waals surface area contributed by atoms with Crippen molar-refractivity contribution >= 4 is 50.8 Å². The fraction of sp³-hybridized carbons (Fsp3) is 0.0556. The Kier molecular flexibility index (Phi) is 3.39. The van der Waals surface area contributed by atoms with Gasteiger partial charge in [0, 0.05) is 5.56 Å². The van der Waals surface area contributed by atoms with Gasteiger partial charge in [0.05, 0.1) is 21.5 Å². The molecule has 0 atom stereocenters. The molecular weight excluding hydrogens is 324 g/mol. The van der Waals surface area contributed by atoms with Crippen molar-refractivity contribution in [3.8, 4) is 0 Å². The van der Waals surface area contributed by atoms with Gasteiger partial charge in [0.1, 0.15) is 11.6 Å². The van der Waals surface area contributed by atoms with Crippen molar-refractivity contribution < 1.29 is 14.7 Å². The molecule has 0 aliphatic carbocycles. The molecule has 1 N–H and O–H groups in total. The Morgan fingerprint density at radius 2 is 1.92 bits per heavy atom. The average molecular weight is 336 g/mol. The quantitative estimate of drug-likeness (QED) is 0.745. The summed E-state index contributed by atoms with van der Waals surface area (Å²) in [5, 5.41) is 9.79. The molecule has 0 fully saturated rings. The number of aliphatic carboxylic acids is 1. The molecule has 0 bridgehead atoms. The Bertz CT molecular complexity index is 973. The van der Waals surface area contributed by atoms with Gasteiger partial charge in [-0.2, -0.15) is 0 Å². The third-order valence-electron chi connectivity index (χ3n) is 3.83. The van der Waals surface area contributed by atoms with Crippen LogP contribution in [0.4, 0.5) is 5.69 Å². The zero-order valence-corrected chi connectivity index (χ0v) is 13.3. The topological polar surface area (TPSA) is 70.5 Å². The minimum atomic E-state index is -1.04. The van der Waals surface area contributed by atoms with Gasteiger partial charge in [-0.3, -0.25) is 14.5 Å². The van der Waals surface area contributed by atoms with E-state index >= 15 is 0 Å². The Hall–Kier alpha value is -2.99. The summed E-state index contributed by atoms with van der Waals surface area (Å²) in [6.07, 6.45) is 1.74. The molecule has 6 heteroatoms. The molecule has 4 rings (SSSR count). The van der Waals surface area contributed by atoms with Crippen LogP contribution in [-0.4, -0.2) is 28.5 Å². The first kappa shape index (κ1) is 14.6. The fourth-order valence-electron chi connectivity index (χ4n) is 2.81. The van der Waals surface area contributed by atoms with E-state index in [1.807, 2.05) is 36.4 Å². The summed E-state index contributed by atoms with van der Waals surface area (Å²) in [6, 6.07) is 15.0. The average Bonchev–Trinajstić information content (AvgIpc) is 3.09. The Morgan fingerprint density at radius 3 is 2.71 bits per heavy atom. The number of amides is 1. The van der Waals surface area contributed by atoms with Crippen molar-refractivity contribution in [2.75, 3.05) is 11.4 Å². The van der Waals surface area contributed by atoms with Gasteiger partial charge < -0.3 is 5.11 Å². The molecule has 3 aromatic rings. The highest BCUT2D eigenvalue weighted by Crippen LogP contribution is 2.38. The summed E-state index contributed by atoms with van der Waals surface area (Å²) >= 11 is 1.50. The monoisotopic (exact) mass is 336 g/mol. The van der Waals surface area contributed by atoms with Crippen molar-refractivity contribution in [2.24, 2.45) is 0 Å². The van der Waals surface area contributed by atoms with Crippen LogP contribution in [0.5, 0.6) is 0 Å². The van der Waals surface area contributed by atoms with E-state index < -0.39 is 5.97 Å². The first-order valence-electron chi connectivity index (χ1n) is 7.34. The summed E-state index contributed by atoms with van der Waals surface area (Å²) in [5.41, 5.74) is 2.72. The van der Waals surface area contributed by atoms with Crippen LogP contribution in [0, 0.1) is 0 Å². The summed E-state index contributed by atoms with van der Waals surface area (Å²) in [4.78, 5) is 29.6. The molecule has 24 heavy (non-hydrogen) atoms. The number of para-hydroxylation sites is 2. The number of carboxylic acid groups (broad SMARTS) is 1. The number of fused-ring (bicyclic) bond motifs is 2. The second kappa shape index (κ2) is 5.58. The minimum absolute atomic E-state index is 0.308. The van der Waals surface area contributed by atoms with Gasteiger partial charge >= 0.3 is 5.97 Å². The number of hydrogen-bond acceptors (Lipinski definition) is 4. The van der Waals surface area contributed by atoms with Crippen LogP contribution in [0.2, 0.25) is 0 Å². The molecule has 0 unspecified atom stereocenters. The van der Waals surface area contributed by atoms with E-state index in [1.54, 1.807) is 18.2 Å².